The van der Waals surface area contributed by atoms with Gasteiger partial charge in [0, 0.05) is 50.3 Å². The Morgan fingerprint density at radius 1 is 1.13 bits per heavy atom. The highest BCUT2D eigenvalue weighted by molar-refractivity contribution is 5.89. The predicted octanol–water partition coefficient (Wildman–Crippen LogP) is 2.69. The molecule has 0 bridgehead atoms. The van der Waals surface area contributed by atoms with E-state index in [1.165, 1.54) is 0 Å². The summed E-state index contributed by atoms with van der Waals surface area (Å²) in [5, 5.41) is 5.82. The molecule has 0 aliphatic carbocycles. The smallest absolute Gasteiger partial charge is 0.321 e. The number of hydrogen-bond donors (Lipinski definition) is 2. The van der Waals surface area contributed by atoms with E-state index in [-0.39, 0.29) is 24.4 Å². The molecule has 2 N–H and O–H groups in total. The van der Waals surface area contributed by atoms with Crippen LogP contribution in [-0.2, 0) is 11.3 Å². The number of benzene rings is 1. The molecule has 3 amide bonds. The maximum atomic E-state index is 13.1. The Labute approximate surface area is 219 Å². The van der Waals surface area contributed by atoms with Crippen LogP contribution in [0.1, 0.15) is 12.2 Å². The summed E-state index contributed by atoms with van der Waals surface area (Å²) < 4.78 is 12.2. The van der Waals surface area contributed by atoms with Crippen LogP contribution in [0.15, 0.2) is 78.1 Å². The van der Waals surface area contributed by atoms with E-state index in [0.717, 1.165) is 0 Å². The molecular formula is C26H28N8O4. The summed E-state index contributed by atoms with van der Waals surface area (Å²) in [5.74, 6) is 2.36. The Hall–Kier alpha value is -4.87. The fourth-order valence-electron chi connectivity index (χ4n) is 4.28. The molecule has 1 unspecified atom stereocenters. The van der Waals surface area contributed by atoms with Crippen molar-refractivity contribution in [2.75, 3.05) is 37.0 Å². The summed E-state index contributed by atoms with van der Waals surface area (Å²) in [5.41, 5.74) is 0.659. The first kappa shape index (κ1) is 24.8. The monoisotopic (exact) mass is 516 g/mol. The van der Waals surface area contributed by atoms with Gasteiger partial charge in [0.05, 0.1) is 26.0 Å². The van der Waals surface area contributed by atoms with Gasteiger partial charge in [0.15, 0.2) is 0 Å². The number of nitrogens with zero attached hydrogens (tertiary/aromatic N) is 6. The summed E-state index contributed by atoms with van der Waals surface area (Å²) in [4.78, 5) is 42.9. The number of furan rings is 1. The lowest BCUT2D eigenvalue weighted by Crippen LogP contribution is -2.57. The third-order valence-electron chi connectivity index (χ3n) is 6.23. The molecule has 1 atom stereocenters. The maximum absolute atomic E-state index is 13.1. The SMILES string of the molecule is COc1ccc(NC(=O)N2CCN(c3ccnc(-n4ccnc4)n3)C(CC(=O)NCc3ccco3)C2)cc1. The van der Waals surface area contributed by atoms with Gasteiger partial charge >= 0.3 is 6.03 Å². The normalized spacial score (nSPS) is 15.2. The average molecular weight is 517 g/mol. The first-order valence-corrected chi connectivity index (χ1v) is 12.2. The van der Waals surface area contributed by atoms with Gasteiger partial charge in [-0.05, 0) is 42.5 Å². The number of imidazole rings is 1. The van der Waals surface area contributed by atoms with Gasteiger partial charge in [0.2, 0.25) is 11.9 Å². The van der Waals surface area contributed by atoms with Crippen molar-refractivity contribution in [1.82, 2.24) is 29.7 Å². The number of anilines is 2. The largest absolute Gasteiger partial charge is 0.497 e. The first-order chi connectivity index (χ1) is 18.6. The molecule has 4 heterocycles. The van der Waals surface area contributed by atoms with Crippen molar-refractivity contribution in [3.8, 4) is 11.7 Å². The van der Waals surface area contributed by atoms with Crippen LogP contribution in [0.2, 0.25) is 0 Å². The number of methoxy groups -OCH3 is 1. The van der Waals surface area contributed by atoms with Crippen LogP contribution < -0.4 is 20.3 Å². The molecule has 1 aromatic carbocycles. The lowest BCUT2D eigenvalue weighted by atomic mass is 10.1. The highest BCUT2D eigenvalue weighted by Gasteiger charge is 2.32. The molecule has 0 spiro atoms. The molecule has 12 nitrogen and oxygen atoms in total. The third kappa shape index (κ3) is 5.91. The van der Waals surface area contributed by atoms with Crippen molar-refractivity contribution in [1.29, 1.82) is 0 Å². The second kappa shape index (κ2) is 11.5. The number of hydrogen-bond acceptors (Lipinski definition) is 8. The van der Waals surface area contributed by atoms with Crippen molar-refractivity contribution in [3.63, 3.8) is 0 Å². The Kier molecular flexibility index (Phi) is 7.48. The van der Waals surface area contributed by atoms with Gasteiger partial charge in [-0.1, -0.05) is 0 Å². The van der Waals surface area contributed by atoms with E-state index < -0.39 is 0 Å². The summed E-state index contributed by atoms with van der Waals surface area (Å²) in [7, 11) is 1.59. The molecule has 196 valence electrons. The Balaban J connectivity index is 1.31. The van der Waals surface area contributed by atoms with E-state index in [1.54, 1.807) is 90.2 Å². The average Bonchev–Trinajstić information content (AvgIpc) is 3.67. The van der Waals surface area contributed by atoms with E-state index in [2.05, 4.69) is 20.6 Å². The van der Waals surface area contributed by atoms with Crippen LogP contribution in [0.3, 0.4) is 0 Å². The summed E-state index contributed by atoms with van der Waals surface area (Å²) in [6.07, 6.45) is 8.45. The molecule has 1 saturated heterocycles. The van der Waals surface area contributed by atoms with Crippen LogP contribution in [0, 0.1) is 0 Å². The zero-order chi connectivity index (χ0) is 26.3. The number of carbonyl (C=O) groups excluding carboxylic acids is 2. The highest BCUT2D eigenvalue weighted by atomic mass is 16.5. The topological polar surface area (TPSA) is 131 Å². The summed E-state index contributed by atoms with van der Waals surface area (Å²) in [6, 6.07) is 12.0. The van der Waals surface area contributed by atoms with Crippen molar-refractivity contribution >= 4 is 23.4 Å². The molecule has 1 fully saturated rings. The zero-order valence-corrected chi connectivity index (χ0v) is 20.9. The van der Waals surface area contributed by atoms with Gasteiger partial charge < -0.3 is 29.6 Å². The first-order valence-electron chi connectivity index (χ1n) is 12.2. The lowest BCUT2D eigenvalue weighted by Gasteiger charge is -2.41. The van der Waals surface area contributed by atoms with Gasteiger partial charge in [-0.25, -0.2) is 14.8 Å². The van der Waals surface area contributed by atoms with Crippen molar-refractivity contribution in [3.05, 3.63) is 79.4 Å². The standard InChI is InChI=1S/C26H28N8O4/c1-37-21-6-4-19(5-7-21)30-26(36)32-12-13-34(23-8-9-28-25(31-23)33-11-10-27-18-33)20(17-32)15-24(35)29-16-22-3-2-14-38-22/h2-11,14,18,20H,12-13,15-17H2,1H3,(H,29,35)(H,30,36). The highest BCUT2D eigenvalue weighted by Crippen LogP contribution is 2.23. The number of piperazine rings is 1. The number of amides is 3. The van der Waals surface area contributed by atoms with Crippen LogP contribution in [0.25, 0.3) is 5.95 Å². The molecular weight excluding hydrogens is 488 g/mol. The summed E-state index contributed by atoms with van der Waals surface area (Å²) in [6.45, 7) is 1.57. The van der Waals surface area contributed by atoms with E-state index in [4.69, 9.17) is 14.1 Å². The van der Waals surface area contributed by atoms with Crippen LogP contribution in [-0.4, -0.2) is 69.1 Å². The number of ether oxygens (including phenoxy) is 1. The number of rotatable bonds is 8. The quantitative estimate of drug-likeness (QED) is 0.366. The van der Waals surface area contributed by atoms with Crippen molar-refractivity contribution < 1.29 is 18.7 Å². The molecule has 0 saturated carbocycles. The van der Waals surface area contributed by atoms with Crippen LogP contribution in [0.5, 0.6) is 5.75 Å². The van der Waals surface area contributed by atoms with Crippen LogP contribution >= 0.6 is 0 Å². The van der Waals surface area contributed by atoms with E-state index >= 15 is 0 Å². The number of urea groups is 1. The summed E-state index contributed by atoms with van der Waals surface area (Å²) >= 11 is 0. The van der Waals surface area contributed by atoms with E-state index in [1.807, 2.05) is 4.90 Å². The molecule has 1 aliphatic heterocycles. The number of carbonyl (C=O) groups is 2. The maximum Gasteiger partial charge on any atom is 0.321 e. The minimum Gasteiger partial charge on any atom is -0.497 e. The zero-order valence-electron chi connectivity index (χ0n) is 20.9. The molecule has 4 aromatic rings. The third-order valence-corrected chi connectivity index (χ3v) is 6.23. The van der Waals surface area contributed by atoms with Crippen molar-refractivity contribution in [2.24, 2.45) is 0 Å². The Morgan fingerprint density at radius 2 is 2.00 bits per heavy atom. The molecule has 38 heavy (non-hydrogen) atoms. The minimum atomic E-state index is -0.312. The lowest BCUT2D eigenvalue weighted by molar-refractivity contribution is -0.121. The Bertz CT molecular complexity index is 1340. The van der Waals surface area contributed by atoms with Gasteiger partial charge in [-0.3, -0.25) is 9.36 Å². The number of nitrogens with one attached hydrogen (secondary N) is 2. The van der Waals surface area contributed by atoms with Gasteiger partial charge in [-0.2, -0.15) is 4.98 Å². The van der Waals surface area contributed by atoms with E-state index in [9.17, 15) is 9.59 Å². The minimum absolute atomic E-state index is 0.155. The van der Waals surface area contributed by atoms with Gasteiger partial charge in [0.1, 0.15) is 23.7 Å². The number of aromatic nitrogens is 4. The van der Waals surface area contributed by atoms with Crippen LogP contribution in [0.4, 0.5) is 16.3 Å². The Morgan fingerprint density at radius 3 is 2.74 bits per heavy atom. The molecule has 3 aromatic heterocycles. The predicted molar refractivity (Wildman–Crippen MR) is 139 cm³/mol. The van der Waals surface area contributed by atoms with Gasteiger partial charge in [0.25, 0.3) is 0 Å². The fourth-order valence-corrected chi connectivity index (χ4v) is 4.28. The fraction of sp³-hybridized carbons (Fsp3) is 0.269. The molecule has 5 rings (SSSR count). The molecule has 12 heteroatoms. The van der Waals surface area contributed by atoms with E-state index in [0.29, 0.717) is 55.1 Å². The second-order valence-corrected chi connectivity index (χ2v) is 8.70. The second-order valence-electron chi connectivity index (χ2n) is 8.70. The van der Waals surface area contributed by atoms with Crippen molar-refractivity contribution in [2.45, 2.75) is 19.0 Å². The molecule has 0 radical (unpaired) electrons. The van der Waals surface area contributed by atoms with Gasteiger partial charge in [-0.15, -0.1) is 0 Å². The molecule has 1 aliphatic rings.